The van der Waals surface area contributed by atoms with Crippen molar-refractivity contribution in [2.45, 2.75) is 27.7 Å². The average molecular weight is 404 g/mol. The lowest BCUT2D eigenvalue weighted by atomic mass is 10.6. The van der Waals surface area contributed by atoms with E-state index in [0.29, 0.717) is 26.4 Å². The van der Waals surface area contributed by atoms with Gasteiger partial charge in [0.15, 0.2) is 0 Å². The Bertz CT molecular complexity index is 478. The maximum Gasteiger partial charge on any atom is 0.237 e. The van der Waals surface area contributed by atoms with Crippen molar-refractivity contribution in [3.05, 3.63) is 0 Å². The van der Waals surface area contributed by atoms with Gasteiger partial charge in [-0.2, -0.15) is 0 Å². The first-order valence-corrected chi connectivity index (χ1v) is 8.86. The molecule has 0 atom stereocenters. The second kappa shape index (κ2) is 17.4. The van der Waals surface area contributed by atoms with E-state index in [0.717, 1.165) is 0 Å². The zero-order chi connectivity index (χ0) is 21.0. The van der Waals surface area contributed by atoms with Crippen LogP contribution in [-0.4, -0.2) is 63.4 Å². The molecular formula is C14H32N10O4. The molecule has 0 aromatic carbocycles. The Labute approximate surface area is 164 Å². The van der Waals surface area contributed by atoms with Gasteiger partial charge in [0.1, 0.15) is 13.2 Å². The lowest BCUT2D eigenvalue weighted by Crippen LogP contribution is -2.45. The van der Waals surface area contributed by atoms with E-state index < -0.39 is 0 Å². The Kier molecular flexibility index (Phi) is 15.5. The molecule has 0 heterocycles. The summed E-state index contributed by atoms with van der Waals surface area (Å²) in [6.45, 7) is 9.40. The number of rotatable bonds is 11. The molecule has 14 nitrogen and oxygen atoms in total. The molecular weight excluding hydrogens is 372 g/mol. The zero-order valence-corrected chi connectivity index (χ0v) is 16.8. The Balaban J connectivity index is 4.84. The summed E-state index contributed by atoms with van der Waals surface area (Å²) < 4.78 is 0. The van der Waals surface area contributed by atoms with Gasteiger partial charge in [-0.05, 0) is 38.0 Å². The van der Waals surface area contributed by atoms with Crippen LogP contribution >= 0.6 is 0 Å². The Hall–Kier alpha value is -3.00. The summed E-state index contributed by atoms with van der Waals surface area (Å²) >= 11 is 0. The fourth-order valence-electron chi connectivity index (χ4n) is 1.36. The van der Waals surface area contributed by atoms with E-state index >= 15 is 0 Å². The van der Waals surface area contributed by atoms with Crippen LogP contribution in [0.25, 0.3) is 0 Å². The lowest BCUT2D eigenvalue weighted by molar-refractivity contribution is 0.0944. The summed E-state index contributed by atoms with van der Waals surface area (Å²) in [6, 6.07) is 0. The number of hydrogen-bond acceptors (Lipinski definition) is 8. The van der Waals surface area contributed by atoms with Gasteiger partial charge in [0.25, 0.3) is 0 Å². The van der Waals surface area contributed by atoms with Crippen LogP contribution in [0, 0.1) is 0 Å². The third-order valence-electron chi connectivity index (χ3n) is 2.34. The van der Waals surface area contributed by atoms with E-state index in [1.807, 2.05) is 13.8 Å². The number of nitrogens with zero attached hydrogens (tertiary/aromatic N) is 4. The van der Waals surface area contributed by atoms with Crippen molar-refractivity contribution in [1.82, 2.24) is 21.6 Å². The van der Waals surface area contributed by atoms with Crippen LogP contribution in [-0.2, 0) is 19.4 Å². The van der Waals surface area contributed by atoms with Gasteiger partial charge in [0.05, 0.1) is 26.3 Å². The van der Waals surface area contributed by atoms with Gasteiger partial charge in [-0.1, -0.05) is 0 Å². The molecule has 0 aromatic rings. The number of nitrogens with one attached hydrogen (secondary N) is 4. The molecule has 0 aromatic heterocycles. The minimum atomic E-state index is 0.0246. The smallest absolute Gasteiger partial charge is 0.237 e. The molecule has 0 spiro atoms. The summed E-state index contributed by atoms with van der Waals surface area (Å²) in [5, 5.41) is 12.7. The first kappa shape index (κ1) is 25.0. The molecule has 0 aliphatic heterocycles. The van der Waals surface area contributed by atoms with Crippen molar-refractivity contribution in [2.75, 3.05) is 39.5 Å². The zero-order valence-electron chi connectivity index (χ0n) is 16.8. The van der Waals surface area contributed by atoms with E-state index in [1.165, 1.54) is 0 Å². The number of oxime groups is 2. The highest BCUT2D eigenvalue weighted by Gasteiger charge is 2.03. The van der Waals surface area contributed by atoms with Gasteiger partial charge in [-0.3, -0.25) is 20.3 Å². The summed E-state index contributed by atoms with van der Waals surface area (Å²) in [5.41, 5.74) is 16.6. The van der Waals surface area contributed by atoms with Gasteiger partial charge in [0, 0.05) is 0 Å². The van der Waals surface area contributed by atoms with Crippen LogP contribution in [0.15, 0.2) is 20.3 Å². The second-order valence-corrected chi connectivity index (χ2v) is 4.57. The van der Waals surface area contributed by atoms with Crippen LogP contribution in [0.1, 0.15) is 27.7 Å². The first-order chi connectivity index (χ1) is 13.6. The van der Waals surface area contributed by atoms with Crippen LogP contribution in [0.5, 0.6) is 0 Å². The monoisotopic (exact) mass is 404 g/mol. The molecule has 0 amide bonds. The van der Waals surface area contributed by atoms with Gasteiger partial charge in [0.2, 0.25) is 23.8 Å². The molecule has 162 valence electrons. The van der Waals surface area contributed by atoms with Crippen molar-refractivity contribution in [2.24, 2.45) is 31.8 Å². The van der Waals surface area contributed by atoms with Crippen molar-refractivity contribution in [1.29, 1.82) is 0 Å². The minimum absolute atomic E-state index is 0.0246. The standard InChI is InChI=1S/C14H32N10O4/c1-5-25-21-11(15)19-13(23-27-7-3)17-9-10-18-14(24-28-8-4)20-12(16)22-26-6-2/h5-10H2,1-4H3,(H4,15,17,19,21,23)(H4,16,18,20,22,24). The molecule has 8 N–H and O–H groups in total. The molecule has 0 fully saturated rings. The van der Waals surface area contributed by atoms with Crippen molar-refractivity contribution >= 4 is 23.8 Å². The van der Waals surface area contributed by atoms with E-state index in [1.54, 1.807) is 13.8 Å². The predicted octanol–water partition coefficient (Wildman–Crippen LogP) is -1.51. The molecule has 0 radical (unpaired) electrons. The number of guanidine groups is 4. The highest BCUT2D eigenvalue weighted by molar-refractivity contribution is 5.97. The fourth-order valence-corrected chi connectivity index (χ4v) is 1.36. The number of hydroxylamine groups is 2. The highest BCUT2D eigenvalue weighted by Crippen LogP contribution is 1.82. The van der Waals surface area contributed by atoms with Gasteiger partial charge in [-0.25, -0.2) is 20.9 Å². The quantitative estimate of drug-likeness (QED) is 0.102. The molecule has 0 bridgehead atoms. The van der Waals surface area contributed by atoms with Crippen LogP contribution in [0.2, 0.25) is 0 Å². The van der Waals surface area contributed by atoms with Crippen molar-refractivity contribution in [3.63, 3.8) is 0 Å². The summed E-state index contributed by atoms with van der Waals surface area (Å²) in [6.07, 6.45) is 0. The molecule has 0 aliphatic rings. The molecule has 0 unspecified atom stereocenters. The predicted molar refractivity (Wildman–Crippen MR) is 107 cm³/mol. The molecule has 14 heteroatoms. The molecule has 0 rings (SSSR count). The Morgan fingerprint density at radius 3 is 1.39 bits per heavy atom. The van der Waals surface area contributed by atoms with Crippen LogP contribution in [0.3, 0.4) is 0 Å². The Morgan fingerprint density at radius 1 is 0.679 bits per heavy atom. The largest absolute Gasteiger partial charge is 0.393 e. The molecule has 28 heavy (non-hydrogen) atoms. The van der Waals surface area contributed by atoms with Crippen molar-refractivity contribution < 1.29 is 19.4 Å². The normalized spacial score (nSPS) is 13.1. The summed E-state index contributed by atoms with van der Waals surface area (Å²) in [4.78, 5) is 28.4. The highest BCUT2D eigenvalue weighted by atomic mass is 16.7. The second-order valence-electron chi connectivity index (χ2n) is 4.57. The van der Waals surface area contributed by atoms with E-state index in [-0.39, 0.29) is 36.9 Å². The SMILES string of the molecule is CCO/N=C(\N)NC(=NCCN=C(NOCC)N/C(N)=N/OCC)NOCC. The fraction of sp³-hybridized carbons (Fsp3) is 0.714. The van der Waals surface area contributed by atoms with E-state index in [4.69, 9.17) is 30.8 Å². The minimum Gasteiger partial charge on any atom is -0.393 e. The van der Waals surface area contributed by atoms with E-state index in [9.17, 15) is 0 Å². The van der Waals surface area contributed by atoms with Gasteiger partial charge < -0.3 is 21.1 Å². The Morgan fingerprint density at radius 2 is 1.07 bits per heavy atom. The first-order valence-electron chi connectivity index (χ1n) is 8.86. The van der Waals surface area contributed by atoms with E-state index in [2.05, 4.69) is 41.9 Å². The third-order valence-corrected chi connectivity index (χ3v) is 2.34. The lowest BCUT2D eigenvalue weighted by Gasteiger charge is -2.11. The van der Waals surface area contributed by atoms with Crippen molar-refractivity contribution in [3.8, 4) is 0 Å². The summed E-state index contributed by atoms with van der Waals surface area (Å²) in [5.74, 6) is 0.554. The number of hydrogen-bond donors (Lipinski definition) is 6. The molecule has 0 aliphatic carbocycles. The number of aliphatic imine (C=N–C) groups is 2. The maximum absolute atomic E-state index is 5.67. The van der Waals surface area contributed by atoms with Gasteiger partial charge >= 0.3 is 0 Å². The molecule has 0 saturated carbocycles. The van der Waals surface area contributed by atoms with Crippen LogP contribution < -0.4 is 33.1 Å². The average Bonchev–Trinajstić information content (AvgIpc) is 2.69. The topological polar surface area (TPSA) is 187 Å². The van der Waals surface area contributed by atoms with Crippen LogP contribution in [0.4, 0.5) is 0 Å². The van der Waals surface area contributed by atoms with Gasteiger partial charge in [-0.15, -0.1) is 0 Å². The molecule has 0 saturated heterocycles. The number of nitrogens with two attached hydrogens (primary N) is 2. The third kappa shape index (κ3) is 14.2. The summed E-state index contributed by atoms with van der Waals surface area (Å²) in [7, 11) is 0. The maximum atomic E-state index is 5.67.